The molecule has 1 heterocycles. The van der Waals surface area contributed by atoms with Gasteiger partial charge in [0.05, 0.1) is 5.69 Å². The lowest BCUT2D eigenvalue weighted by Gasteiger charge is -2.19. The molecule has 0 unspecified atom stereocenters. The second kappa shape index (κ2) is 7.47. The first-order valence-corrected chi connectivity index (χ1v) is 8.35. The SMILES string of the molecule is CO[C@@H](c1nc(SC(C)C)[nH]c(=O)c1C)c1c(F)cccc1Cl. The molecule has 23 heavy (non-hydrogen) atoms. The zero-order valence-electron chi connectivity index (χ0n) is 13.3. The second-order valence-electron chi connectivity index (χ2n) is 5.30. The zero-order valence-corrected chi connectivity index (χ0v) is 14.9. The maximum atomic E-state index is 14.2. The van der Waals surface area contributed by atoms with Gasteiger partial charge < -0.3 is 9.72 Å². The number of rotatable bonds is 5. The van der Waals surface area contributed by atoms with E-state index < -0.39 is 11.9 Å². The third-order valence-corrected chi connectivity index (χ3v) is 4.48. The molecule has 124 valence electrons. The molecular formula is C16H18ClFN2O2S. The lowest BCUT2D eigenvalue weighted by molar-refractivity contribution is 0.128. The number of nitrogens with zero attached hydrogens (tertiary/aromatic N) is 1. The predicted octanol–water partition coefficient (Wildman–Crippen LogP) is 4.11. The van der Waals surface area contributed by atoms with Crippen LogP contribution in [0.15, 0.2) is 28.2 Å². The predicted molar refractivity (Wildman–Crippen MR) is 90.8 cm³/mol. The average molecular weight is 357 g/mol. The minimum absolute atomic E-state index is 0.179. The van der Waals surface area contributed by atoms with Crippen molar-refractivity contribution in [2.75, 3.05) is 7.11 Å². The summed E-state index contributed by atoms with van der Waals surface area (Å²) in [6, 6.07) is 4.41. The van der Waals surface area contributed by atoms with Crippen LogP contribution >= 0.6 is 23.4 Å². The van der Waals surface area contributed by atoms with Crippen molar-refractivity contribution in [3.05, 3.63) is 56.2 Å². The number of thioether (sulfide) groups is 1. The Labute approximate surface area is 143 Å². The summed E-state index contributed by atoms with van der Waals surface area (Å²) < 4.78 is 19.7. The van der Waals surface area contributed by atoms with Crippen LogP contribution in [-0.4, -0.2) is 22.3 Å². The molecule has 1 N–H and O–H groups in total. The van der Waals surface area contributed by atoms with Gasteiger partial charge in [-0.3, -0.25) is 4.79 Å². The summed E-state index contributed by atoms with van der Waals surface area (Å²) in [6.07, 6.45) is -0.850. The molecule has 0 saturated heterocycles. The summed E-state index contributed by atoms with van der Waals surface area (Å²) in [7, 11) is 1.44. The van der Waals surface area contributed by atoms with Gasteiger partial charge in [0.25, 0.3) is 5.56 Å². The second-order valence-corrected chi connectivity index (χ2v) is 7.27. The van der Waals surface area contributed by atoms with Crippen LogP contribution in [-0.2, 0) is 4.74 Å². The minimum Gasteiger partial charge on any atom is -0.370 e. The molecule has 0 fully saturated rings. The first-order chi connectivity index (χ1) is 10.8. The fourth-order valence-electron chi connectivity index (χ4n) is 2.19. The highest BCUT2D eigenvalue weighted by molar-refractivity contribution is 7.99. The van der Waals surface area contributed by atoms with E-state index in [0.717, 1.165) is 0 Å². The molecule has 4 nitrogen and oxygen atoms in total. The topological polar surface area (TPSA) is 55.0 Å². The van der Waals surface area contributed by atoms with Gasteiger partial charge in [-0.1, -0.05) is 43.3 Å². The zero-order chi connectivity index (χ0) is 17.1. The highest BCUT2D eigenvalue weighted by Crippen LogP contribution is 2.33. The van der Waals surface area contributed by atoms with Crippen molar-refractivity contribution in [1.29, 1.82) is 0 Å². The number of methoxy groups -OCH3 is 1. The monoisotopic (exact) mass is 356 g/mol. The van der Waals surface area contributed by atoms with Gasteiger partial charge in [-0.05, 0) is 19.1 Å². The van der Waals surface area contributed by atoms with Crippen LogP contribution in [0.25, 0.3) is 0 Å². The van der Waals surface area contributed by atoms with Gasteiger partial charge in [0, 0.05) is 28.5 Å². The summed E-state index contributed by atoms with van der Waals surface area (Å²) in [6.45, 7) is 5.61. The lowest BCUT2D eigenvalue weighted by atomic mass is 10.0. The highest BCUT2D eigenvalue weighted by Gasteiger charge is 2.25. The third kappa shape index (κ3) is 3.94. The summed E-state index contributed by atoms with van der Waals surface area (Å²) in [5.74, 6) is -0.496. The number of benzene rings is 1. The molecule has 0 saturated carbocycles. The van der Waals surface area contributed by atoms with Crippen molar-refractivity contribution in [2.45, 2.75) is 37.3 Å². The van der Waals surface area contributed by atoms with E-state index >= 15 is 0 Å². The fraction of sp³-hybridized carbons (Fsp3) is 0.375. The van der Waals surface area contributed by atoms with Crippen LogP contribution in [0, 0.1) is 12.7 Å². The molecule has 0 aliphatic heterocycles. The molecule has 0 amide bonds. The Kier molecular flexibility index (Phi) is 5.84. The summed E-state index contributed by atoms with van der Waals surface area (Å²) in [5, 5.41) is 0.947. The molecule has 1 aromatic carbocycles. The normalized spacial score (nSPS) is 12.7. The van der Waals surface area contributed by atoms with Crippen molar-refractivity contribution in [3.63, 3.8) is 0 Å². The lowest BCUT2D eigenvalue weighted by Crippen LogP contribution is -2.20. The Balaban J connectivity index is 2.62. The standard InChI is InChI=1S/C16H18ClFN2O2S/c1-8(2)23-16-19-13(9(3)15(21)20-16)14(22-4)12-10(17)6-5-7-11(12)18/h5-8,14H,1-4H3,(H,19,20,21)/t14-/m1/s1. The number of nitrogens with one attached hydrogen (secondary N) is 1. The van der Waals surface area contributed by atoms with E-state index in [4.69, 9.17) is 16.3 Å². The Morgan fingerprint density at radius 2 is 2.09 bits per heavy atom. The van der Waals surface area contributed by atoms with E-state index in [1.807, 2.05) is 13.8 Å². The maximum Gasteiger partial charge on any atom is 0.254 e. The van der Waals surface area contributed by atoms with Crippen molar-refractivity contribution < 1.29 is 9.13 Å². The van der Waals surface area contributed by atoms with Crippen molar-refractivity contribution >= 4 is 23.4 Å². The first kappa shape index (κ1) is 18.0. The van der Waals surface area contributed by atoms with Crippen LogP contribution in [0.2, 0.25) is 5.02 Å². The smallest absolute Gasteiger partial charge is 0.254 e. The van der Waals surface area contributed by atoms with Crippen molar-refractivity contribution in [3.8, 4) is 0 Å². The molecule has 2 rings (SSSR count). The Bertz CT molecular complexity index is 744. The summed E-state index contributed by atoms with van der Waals surface area (Å²) in [5.41, 5.74) is 0.654. The molecule has 0 radical (unpaired) electrons. The van der Waals surface area contributed by atoms with Crippen molar-refractivity contribution in [1.82, 2.24) is 9.97 Å². The van der Waals surface area contributed by atoms with Gasteiger partial charge in [0.1, 0.15) is 11.9 Å². The van der Waals surface area contributed by atoms with E-state index in [1.54, 1.807) is 13.0 Å². The number of hydrogen-bond acceptors (Lipinski definition) is 4. The van der Waals surface area contributed by atoms with Crippen LogP contribution in [0.4, 0.5) is 4.39 Å². The Hall–Kier alpha value is -1.37. The van der Waals surface area contributed by atoms with E-state index in [2.05, 4.69) is 9.97 Å². The van der Waals surface area contributed by atoms with Crippen LogP contribution in [0.1, 0.15) is 36.8 Å². The van der Waals surface area contributed by atoms with E-state index in [9.17, 15) is 9.18 Å². The van der Waals surface area contributed by atoms with Gasteiger partial charge in [-0.25, -0.2) is 9.37 Å². The van der Waals surface area contributed by atoms with E-state index in [-0.39, 0.29) is 21.4 Å². The number of ether oxygens (including phenoxy) is 1. The third-order valence-electron chi connectivity index (χ3n) is 3.26. The van der Waals surface area contributed by atoms with Gasteiger partial charge >= 0.3 is 0 Å². The molecule has 1 aromatic heterocycles. The highest BCUT2D eigenvalue weighted by atomic mass is 35.5. The Morgan fingerprint density at radius 3 is 2.65 bits per heavy atom. The Morgan fingerprint density at radius 1 is 1.39 bits per heavy atom. The molecule has 2 aromatic rings. The van der Waals surface area contributed by atoms with Gasteiger partial charge in [-0.2, -0.15) is 0 Å². The average Bonchev–Trinajstić information content (AvgIpc) is 2.46. The number of aromatic nitrogens is 2. The quantitative estimate of drug-likeness (QED) is 0.647. The number of aromatic amines is 1. The van der Waals surface area contributed by atoms with Crippen molar-refractivity contribution in [2.24, 2.45) is 0 Å². The largest absolute Gasteiger partial charge is 0.370 e. The van der Waals surface area contributed by atoms with Crippen LogP contribution in [0.5, 0.6) is 0 Å². The molecule has 0 bridgehead atoms. The molecule has 0 spiro atoms. The molecule has 1 atom stereocenters. The van der Waals surface area contributed by atoms with Crippen LogP contribution < -0.4 is 5.56 Å². The van der Waals surface area contributed by atoms with E-state index in [0.29, 0.717) is 16.4 Å². The summed E-state index contributed by atoms with van der Waals surface area (Å²) in [4.78, 5) is 19.4. The molecule has 0 aliphatic carbocycles. The summed E-state index contributed by atoms with van der Waals surface area (Å²) >= 11 is 7.55. The minimum atomic E-state index is -0.850. The van der Waals surface area contributed by atoms with Gasteiger partial charge in [0.2, 0.25) is 0 Å². The van der Waals surface area contributed by atoms with Gasteiger partial charge in [0.15, 0.2) is 5.16 Å². The fourth-order valence-corrected chi connectivity index (χ4v) is 3.20. The maximum absolute atomic E-state index is 14.2. The number of H-pyrrole nitrogens is 1. The first-order valence-electron chi connectivity index (χ1n) is 7.09. The molecule has 0 aliphatic rings. The van der Waals surface area contributed by atoms with E-state index in [1.165, 1.54) is 31.0 Å². The molecule has 7 heteroatoms. The molecular weight excluding hydrogens is 339 g/mol. The number of halogens is 2. The van der Waals surface area contributed by atoms with Crippen LogP contribution in [0.3, 0.4) is 0 Å². The van der Waals surface area contributed by atoms with Gasteiger partial charge in [-0.15, -0.1) is 0 Å². The number of hydrogen-bond donors (Lipinski definition) is 1.